The SMILES string of the molecule is C[C@@H]1CCc2c(sc(NC(=O)C[C@H]3Nc4ccccc4NC3=O)c2C#N)C1. The number of nitriles is 1. The number of hydrogen-bond donors (Lipinski definition) is 3. The van der Waals surface area contributed by atoms with Crippen molar-refractivity contribution in [2.75, 3.05) is 16.0 Å². The van der Waals surface area contributed by atoms with Gasteiger partial charge in [0.25, 0.3) is 0 Å². The van der Waals surface area contributed by atoms with Crippen molar-refractivity contribution in [1.82, 2.24) is 0 Å². The molecule has 1 aliphatic heterocycles. The Morgan fingerprint density at radius 1 is 1.37 bits per heavy atom. The highest BCUT2D eigenvalue weighted by molar-refractivity contribution is 7.16. The third-order valence-corrected chi connectivity index (χ3v) is 6.27. The van der Waals surface area contributed by atoms with Crippen molar-refractivity contribution < 1.29 is 9.59 Å². The normalized spacial score (nSPS) is 20.5. The van der Waals surface area contributed by atoms with Crippen LogP contribution >= 0.6 is 11.3 Å². The van der Waals surface area contributed by atoms with Crippen molar-refractivity contribution in [2.24, 2.45) is 5.92 Å². The van der Waals surface area contributed by atoms with Gasteiger partial charge in [-0.05, 0) is 42.9 Å². The Morgan fingerprint density at radius 2 is 2.15 bits per heavy atom. The number of amides is 2. The molecule has 3 N–H and O–H groups in total. The molecule has 2 heterocycles. The molecule has 0 radical (unpaired) electrons. The Hall–Kier alpha value is -2.85. The molecule has 2 amide bonds. The van der Waals surface area contributed by atoms with Crippen LogP contribution in [0, 0.1) is 17.2 Å². The summed E-state index contributed by atoms with van der Waals surface area (Å²) < 4.78 is 0. The van der Waals surface area contributed by atoms with Crippen molar-refractivity contribution in [1.29, 1.82) is 5.26 Å². The van der Waals surface area contributed by atoms with Gasteiger partial charge < -0.3 is 16.0 Å². The molecule has 1 aromatic carbocycles. The summed E-state index contributed by atoms with van der Waals surface area (Å²) in [5.74, 6) is 0.0929. The number of anilines is 3. The molecule has 2 aliphatic rings. The second kappa shape index (κ2) is 7.05. The minimum atomic E-state index is -0.639. The van der Waals surface area contributed by atoms with Crippen LogP contribution in [-0.4, -0.2) is 17.9 Å². The van der Waals surface area contributed by atoms with Crippen LogP contribution in [-0.2, 0) is 22.4 Å². The molecule has 2 atom stereocenters. The third kappa shape index (κ3) is 3.40. The van der Waals surface area contributed by atoms with Gasteiger partial charge in [0.05, 0.1) is 23.4 Å². The van der Waals surface area contributed by atoms with E-state index in [1.54, 1.807) is 0 Å². The third-order valence-electron chi connectivity index (χ3n) is 5.10. The van der Waals surface area contributed by atoms with Gasteiger partial charge in [0, 0.05) is 4.88 Å². The maximum Gasteiger partial charge on any atom is 0.247 e. The second-order valence-electron chi connectivity index (χ2n) is 7.15. The zero-order chi connectivity index (χ0) is 19.0. The Balaban J connectivity index is 1.48. The first-order valence-corrected chi connectivity index (χ1v) is 9.87. The summed E-state index contributed by atoms with van der Waals surface area (Å²) in [6.45, 7) is 2.21. The van der Waals surface area contributed by atoms with Crippen molar-refractivity contribution in [3.63, 3.8) is 0 Å². The molecule has 138 valence electrons. The first kappa shape index (κ1) is 17.6. The molecule has 0 bridgehead atoms. The monoisotopic (exact) mass is 380 g/mol. The van der Waals surface area contributed by atoms with Gasteiger partial charge >= 0.3 is 0 Å². The van der Waals surface area contributed by atoms with Crippen molar-refractivity contribution in [2.45, 2.75) is 38.6 Å². The molecular formula is C20H20N4O2S. The minimum absolute atomic E-state index is 0.00397. The summed E-state index contributed by atoms with van der Waals surface area (Å²) in [6, 6.07) is 9.00. The van der Waals surface area contributed by atoms with Gasteiger partial charge in [0.1, 0.15) is 17.1 Å². The lowest BCUT2D eigenvalue weighted by molar-refractivity contribution is -0.122. The topological polar surface area (TPSA) is 94.0 Å². The summed E-state index contributed by atoms with van der Waals surface area (Å²) in [4.78, 5) is 26.0. The average molecular weight is 380 g/mol. The van der Waals surface area contributed by atoms with E-state index in [0.717, 1.165) is 30.5 Å². The number of para-hydroxylation sites is 2. The Morgan fingerprint density at radius 3 is 2.93 bits per heavy atom. The first-order valence-electron chi connectivity index (χ1n) is 9.06. The molecule has 2 aromatic rings. The molecule has 0 spiro atoms. The van der Waals surface area contributed by atoms with E-state index in [2.05, 4.69) is 28.9 Å². The van der Waals surface area contributed by atoms with Gasteiger partial charge in [-0.25, -0.2) is 0 Å². The highest BCUT2D eigenvalue weighted by Crippen LogP contribution is 2.39. The van der Waals surface area contributed by atoms with E-state index in [9.17, 15) is 14.9 Å². The Kier molecular flexibility index (Phi) is 4.58. The van der Waals surface area contributed by atoms with Crippen LogP contribution in [0.25, 0.3) is 0 Å². The Bertz CT molecular complexity index is 959. The van der Waals surface area contributed by atoms with E-state index in [1.165, 1.54) is 16.2 Å². The summed E-state index contributed by atoms with van der Waals surface area (Å²) in [6.07, 6.45) is 2.91. The van der Waals surface area contributed by atoms with E-state index in [4.69, 9.17) is 0 Å². The van der Waals surface area contributed by atoms with Crippen molar-refractivity contribution in [3.05, 3.63) is 40.3 Å². The zero-order valence-corrected chi connectivity index (χ0v) is 15.8. The molecule has 0 saturated carbocycles. The predicted octanol–water partition coefficient (Wildman–Crippen LogP) is 3.51. The van der Waals surface area contributed by atoms with Gasteiger partial charge in [0.2, 0.25) is 11.8 Å². The standard InChI is InChI=1S/C20H20N4O2S/c1-11-6-7-12-13(10-21)20(27-17(12)8-11)24-18(25)9-16-19(26)23-15-5-3-2-4-14(15)22-16/h2-5,11,16,22H,6-9H2,1H3,(H,23,26)(H,24,25)/t11-,16-/m1/s1. The van der Waals surface area contributed by atoms with Gasteiger partial charge in [-0.15, -0.1) is 11.3 Å². The quantitative estimate of drug-likeness (QED) is 0.759. The molecule has 27 heavy (non-hydrogen) atoms. The lowest BCUT2D eigenvalue weighted by Gasteiger charge is -2.26. The van der Waals surface area contributed by atoms with E-state index < -0.39 is 6.04 Å². The van der Waals surface area contributed by atoms with E-state index >= 15 is 0 Å². The largest absolute Gasteiger partial charge is 0.372 e. The molecule has 0 fully saturated rings. The zero-order valence-electron chi connectivity index (χ0n) is 15.0. The van der Waals surface area contributed by atoms with E-state index in [0.29, 0.717) is 22.2 Å². The molecule has 0 saturated heterocycles. The van der Waals surface area contributed by atoms with Crippen LogP contribution in [0.1, 0.15) is 35.8 Å². The van der Waals surface area contributed by atoms with Crippen LogP contribution in [0.3, 0.4) is 0 Å². The number of fused-ring (bicyclic) bond motifs is 2. The highest BCUT2D eigenvalue weighted by atomic mass is 32.1. The lowest BCUT2D eigenvalue weighted by atomic mass is 9.88. The first-order chi connectivity index (χ1) is 13.0. The Labute approximate surface area is 161 Å². The molecule has 0 unspecified atom stereocenters. The van der Waals surface area contributed by atoms with Gasteiger partial charge in [-0.3, -0.25) is 9.59 Å². The van der Waals surface area contributed by atoms with Crippen LogP contribution < -0.4 is 16.0 Å². The fraction of sp³-hybridized carbons (Fsp3) is 0.350. The number of thiophene rings is 1. The summed E-state index contributed by atoms with van der Waals surface area (Å²) >= 11 is 1.49. The number of carbonyl (C=O) groups excluding carboxylic acids is 2. The number of nitrogens with zero attached hydrogens (tertiary/aromatic N) is 1. The maximum atomic E-state index is 12.5. The molecular weight excluding hydrogens is 360 g/mol. The maximum absolute atomic E-state index is 12.5. The van der Waals surface area contributed by atoms with Gasteiger partial charge in [0.15, 0.2) is 0 Å². The van der Waals surface area contributed by atoms with E-state index in [-0.39, 0.29) is 18.2 Å². The molecule has 4 rings (SSSR count). The number of nitrogens with one attached hydrogen (secondary N) is 3. The fourth-order valence-electron chi connectivity index (χ4n) is 3.66. The number of benzene rings is 1. The summed E-state index contributed by atoms with van der Waals surface area (Å²) in [7, 11) is 0. The molecule has 7 heteroatoms. The summed E-state index contributed by atoms with van der Waals surface area (Å²) in [5.41, 5.74) is 3.18. The predicted molar refractivity (Wildman–Crippen MR) is 106 cm³/mol. The number of hydrogen-bond acceptors (Lipinski definition) is 5. The van der Waals surface area contributed by atoms with Crippen LogP contribution in [0.15, 0.2) is 24.3 Å². The minimum Gasteiger partial charge on any atom is -0.372 e. The number of carbonyl (C=O) groups is 2. The molecule has 1 aliphatic carbocycles. The van der Waals surface area contributed by atoms with Gasteiger partial charge in [-0.1, -0.05) is 19.1 Å². The molecule has 6 nitrogen and oxygen atoms in total. The smallest absolute Gasteiger partial charge is 0.247 e. The van der Waals surface area contributed by atoms with Crippen molar-refractivity contribution in [3.8, 4) is 6.07 Å². The fourth-order valence-corrected chi connectivity index (χ4v) is 5.03. The van der Waals surface area contributed by atoms with Crippen LogP contribution in [0.5, 0.6) is 0 Å². The van der Waals surface area contributed by atoms with Crippen LogP contribution in [0.2, 0.25) is 0 Å². The van der Waals surface area contributed by atoms with Gasteiger partial charge in [-0.2, -0.15) is 5.26 Å². The lowest BCUT2D eigenvalue weighted by Crippen LogP contribution is -2.41. The number of rotatable bonds is 3. The second-order valence-corrected chi connectivity index (χ2v) is 8.26. The average Bonchev–Trinajstić information content (AvgIpc) is 2.98. The summed E-state index contributed by atoms with van der Waals surface area (Å²) in [5, 5.41) is 18.9. The molecule has 1 aromatic heterocycles. The van der Waals surface area contributed by atoms with E-state index in [1.807, 2.05) is 24.3 Å². The van der Waals surface area contributed by atoms with Crippen molar-refractivity contribution >= 4 is 39.5 Å². The van der Waals surface area contributed by atoms with Crippen LogP contribution in [0.4, 0.5) is 16.4 Å². The highest BCUT2D eigenvalue weighted by Gasteiger charge is 2.29.